The number of fused-ring (bicyclic) bond motifs is 3. The number of thioether (sulfide) groups is 1. The van der Waals surface area contributed by atoms with Gasteiger partial charge in [0.05, 0.1) is 11.2 Å². The Morgan fingerprint density at radius 2 is 2.44 bits per heavy atom. The van der Waals surface area contributed by atoms with Gasteiger partial charge < -0.3 is 4.57 Å². The number of aryl methyl sites for hydroxylation is 1. The van der Waals surface area contributed by atoms with Crippen LogP contribution in [0.1, 0.15) is 23.8 Å². The standard InChI is InChI=1S/C12H12N2OS/c1-2-16-12-8-7-10-11(15)4-6-14(10)9(8)3-5-13-12/h3,5,7H,2,4,6H2,1H3. The molecule has 16 heavy (non-hydrogen) atoms. The van der Waals surface area contributed by atoms with E-state index in [0.29, 0.717) is 6.42 Å². The van der Waals surface area contributed by atoms with Gasteiger partial charge in [-0.2, -0.15) is 0 Å². The first-order valence-electron chi connectivity index (χ1n) is 5.45. The van der Waals surface area contributed by atoms with Gasteiger partial charge in [-0.1, -0.05) is 6.92 Å². The summed E-state index contributed by atoms with van der Waals surface area (Å²) in [6.07, 6.45) is 2.47. The molecule has 0 aromatic carbocycles. The molecule has 0 bridgehead atoms. The van der Waals surface area contributed by atoms with Crippen LogP contribution in [0.15, 0.2) is 23.4 Å². The van der Waals surface area contributed by atoms with Crippen molar-refractivity contribution in [3.63, 3.8) is 0 Å². The van der Waals surface area contributed by atoms with Crippen molar-refractivity contribution in [1.29, 1.82) is 0 Å². The van der Waals surface area contributed by atoms with E-state index in [1.165, 1.54) is 0 Å². The minimum absolute atomic E-state index is 0.253. The van der Waals surface area contributed by atoms with Crippen molar-refractivity contribution in [1.82, 2.24) is 9.55 Å². The van der Waals surface area contributed by atoms with Crippen LogP contribution < -0.4 is 0 Å². The highest BCUT2D eigenvalue weighted by atomic mass is 32.2. The molecule has 1 aliphatic rings. The minimum atomic E-state index is 0.253. The third-order valence-electron chi connectivity index (χ3n) is 2.92. The zero-order valence-electron chi connectivity index (χ0n) is 9.06. The predicted octanol–water partition coefficient (Wildman–Crippen LogP) is 2.73. The summed E-state index contributed by atoms with van der Waals surface area (Å²) in [5, 5.41) is 2.16. The highest BCUT2D eigenvalue weighted by Gasteiger charge is 2.23. The van der Waals surface area contributed by atoms with Crippen molar-refractivity contribution < 1.29 is 4.79 Å². The Balaban J connectivity index is 2.27. The van der Waals surface area contributed by atoms with E-state index in [0.717, 1.165) is 33.9 Å². The van der Waals surface area contributed by atoms with E-state index in [1.54, 1.807) is 11.8 Å². The van der Waals surface area contributed by atoms with Gasteiger partial charge in [-0.15, -0.1) is 11.8 Å². The van der Waals surface area contributed by atoms with E-state index >= 15 is 0 Å². The number of hydrogen-bond donors (Lipinski definition) is 0. The molecule has 0 unspecified atom stereocenters. The summed E-state index contributed by atoms with van der Waals surface area (Å²) >= 11 is 1.73. The van der Waals surface area contributed by atoms with Crippen LogP contribution in [0, 0.1) is 0 Å². The Bertz CT molecular complexity index is 574. The summed E-state index contributed by atoms with van der Waals surface area (Å²) in [6.45, 7) is 2.93. The highest BCUT2D eigenvalue weighted by Crippen LogP contribution is 2.31. The maximum atomic E-state index is 11.7. The lowest BCUT2D eigenvalue weighted by molar-refractivity contribution is 0.0994. The fourth-order valence-electron chi connectivity index (χ4n) is 2.22. The molecule has 0 fully saturated rings. The van der Waals surface area contributed by atoms with Crippen LogP contribution >= 0.6 is 11.8 Å². The van der Waals surface area contributed by atoms with Crippen LogP contribution in [-0.4, -0.2) is 21.1 Å². The first-order chi connectivity index (χ1) is 7.81. The largest absolute Gasteiger partial charge is 0.337 e. The minimum Gasteiger partial charge on any atom is -0.337 e. The molecule has 0 amide bonds. The number of hydrogen-bond acceptors (Lipinski definition) is 3. The molecule has 82 valence electrons. The van der Waals surface area contributed by atoms with E-state index in [-0.39, 0.29) is 5.78 Å². The zero-order valence-corrected chi connectivity index (χ0v) is 9.88. The van der Waals surface area contributed by atoms with Crippen molar-refractivity contribution in [2.24, 2.45) is 0 Å². The Kier molecular flexibility index (Phi) is 2.24. The number of Topliss-reactive ketones (excluding diaryl/α,β-unsaturated/α-hetero) is 1. The van der Waals surface area contributed by atoms with Crippen molar-refractivity contribution >= 4 is 28.4 Å². The molecular weight excluding hydrogens is 220 g/mol. The van der Waals surface area contributed by atoms with Gasteiger partial charge in [0.2, 0.25) is 0 Å². The molecule has 2 aromatic heterocycles. The van der Waals surface area contributed by atoms with Gasteiger partial charge >= 0.3 is 0 Å². The van der Waals surface area contributed by atoms with Crippen LogP contribution in [0.4, 0.5) is 0 Å². The first kappa shape index (κ1) is 9.90. The number of aromatic nitrogens is 2. The van der Waals surface area contributed by atoms with E-state index in [4.69, 9.17) is 0 Å². The number of carbonyl (C=O) groups is 1. The number of pyridine rings is 1. The quantitative estimate of drug-likeness (QED) is 0.747. The Morgan fingerprint density at radius 1 is 1.56 bits per heavy atom. The number of ketones is 1. The summed E-state index contributed by atoms with van der Waals surface area (Å²) in [5.41, 5.74) is 1.99. The maximum Gasteiger partial charge on any atom is 0.181 e. The molecule has 3 nitrogen and oxygen atoms in total. The molecule has 3 rings (SSSR count). The lowest BCUT2D eigenvalue weighted by Gasteiger charge is -2.02. The summed E-state index contributed by atoms with van der Waals surface area (Å²) in [6, 6.07) is 3.99. The zero-order chi connectivity index (χ0) is 11.1. The van der Waals surface area contributed by atoms with Gasteiger partial charge in [-0.05, 0) is 17.9 Å². The van der Waals surface area contributed by atoms with Crippen LogP contribution in [0.5, 0.6) is 0 Å². The molecule has 0 aliphatic carbocycles. The SMILES string of the molecule is CCSc1nccc2c1cc1n2CCC1=O. The van der Waals surface area contributed by atoms with Crippen molar-refractivity contribution in [2.75, 3.05) is 5.75 Å². The van der Waals surface area contributed by atoms with E-state index in [2.05, 4.69) is 16.5 Å². The van der Waals surface area contributed by atoms with Crippen molar-refractivity contribution in [3.8, 4) is 0 Å². The predicted molar refractivity (Wildman–Crippen MR) is 65.1 cm³/mol. The smallest absolute Gasteiger partial charge is 0.181 e. The normalized spacial score (nSPS) is 14.7. The van der Waals surface area contributed by atoms with Crippen LogP contribution in [0.2, 0.25) is 0 Å². The van der Waals surface area contributed by atoms with Gasteiger partial charge in [0.1, 0.15) is 5.03 Å². The third-order valence-corrected chi connectivity index (χ3v) is 3.81. The molecule has 0 radical (unpaired) electrons. The molecule has 3 heterocycles. The summed E-state index contributed by atoms with van der Waals surface area (Å²) in [5.74, 6) is 1.25. The number of carbonyl (C=O) groups excluding carboxylic acids is 1. The molecule has 2 aromatic rings. The van der Waals surface area contributed by atoms with E-state index < -0.39 is 0 Å². The second-order valence-corrected chi connectivity index (χ2v) is 5.09. The molecule has 0 spiro atoms. The molecule has 1 aliphatic heterocycles. The fourth-order valence-corrected chi connectivity index (χ4v) is 2.95. The van der Waals surface area contributed by atoms with Gasteiger partial charge in [0.15, 0.2) is 5.78 Å². The Labute approximate surface area is 97.9 Å². The molecule has 0 saturated carbocycles. The lowest BCUT2D eigenvalue weighted by Crippen LogP contribution is -1.92. The van der Waals surface area contributed by atoms with Crippen molar-refractivity contribution in [3.05, 3.63) is 24.0 Å². The fraction of sp³-hybridized carbons (Fsp3) is 0.333. The van der Waals surface area contributed by atoms with E-state index in [1.807, 2.05) is 18.3 Å². The summed E-state index contributed by atoms with van der Waals surface area (Å²) in [4.78, 5) is 16.0. The Morgan fingerprint density at radius 3 is 3.25 bits per heavy atom. The second kappa shape index (κ2) is 3.63. The second-order valence-electron chi connectivity index (χ2n) is 3.84. The number of nitrogens with zero attached hydrogens (tertiary/aromatic N) is 2. The average molecular weight is 232 g/mol. The van der Waals surface area contributed by atoms with Gasteiger partial charge in [-0.25, -0.2) is 4.98 Å². The van der Waals surface area contributed by atoms with Gasteiger partial charge in [-0.3, -0.25) is 4.79 Å². The first-order valence-corrected chi connectivity index (χ1v) is 6.44. The highest BCUT2D eigenvalue weighted by molar-refractivity contribution is 7.99. The topological polar surface area (TPSA) is 34.9 Å². The Hall–Kier alpha value is -1.29. The van der Waals surface area contributed by atoms with Crippen molar-refractivity contribution in [2.45, 2.75) is 24.9 Å². The van der Waals surface area contributed by atoms with Crippen LogP contribution in [-0.2, 0) is 6.54 Å². The number of rotatable bonds is 2. The molecule has 0 N–H and O–H groups in total. The monoisotopic (exact) mass is 232 g/mol. The third kappa shape index (κ3) is 1.29. The molecule has 0 atom stereocenters. The lowest BCUT2D eigenvalue weighted by atomic mass is 10.2. The molecule has 0 saturated heterocycles. The maximum absolute atomic E-state index is 11.7. The van der Waals surface area contributed by atoms with E-state index in [9.17, 15) is 4.79 Å². The van der Waals surface area contributed by atoms with Crippen LogP contribution in [0.3, 0.4) is 0 Å². The summed E-state index contributed by atoms with van der Waals surface area (Å²) < 4.78 is 2.11. The molecule has 4 heteroatoms. The average Bonchev–Trinajstić information content (AvgIpc) is 2.81. The van der Waals surface area contributed by atoms with Gasteiger partial charge in [0, 0.05) is 24.5 Å². The molecular formula is C12H12N2OS. The van der Waals surface area contributed by atoms with Crippen LogP contribution in [0.25, 0.3) is 10.9 Å². The van der Waals surface area contributed by atoms with Gasteiger partial charge in [0.25, 0.3) is 0 Å². The summed E-state index contributed by atoms with van der Waals surface area (Å²) in [7, 11) is 0.